The summed E-state index contributed by atoms with van der Waals surface area (Å²) in [5, 5.41) is 19.0. The van der Waals surface area contributed by atoms with Gasteiger partial charge in [0.05, 0.1) is 11.9 Å². The zero-order valence-corrected chi connectivity index (χ0v) is 9.92. The number of carbonyl (C=O) groups is 4. The molecule has 0 aromatic carbocycles. The summed E-state index contributed by atoms with van der Waals surface area (Å²) in [6.07, 6.45) is 0. The molecule has 0 spiro atoms. The SMILES string of the molecule is CC(=O)OCC(=O)[O-].CC(=O)OCC(=O)[O-].[Cu+2]. The Balaban J connectivity index is -0.000000218. The first kappa shape index (κ1) is 20.8. The van der Waals surface area contributed by atoms with Crippen molar-refractivity contribution in [1.82, 2.24) is 0 Å². The average molecular weight is 298 g/mol. The van der Waals surface area contributed by atoms with Gasteiger partial charge in [-0.05, 0) is 0 Å². The summed E-state index contributed by atoms with van der Waals surface area (Å²) in [6, 6.07) is 0. The zero-order chi connectivity index (χ0) is 13.1. The van der Waals surface area contributed by atoms with Gasteiger partial charge in [0.2, 0.25) is 0 Å². The van der Waals surface area contributed by atoms with E-state index in [1.54, 1.807) is 0 Å². The van der Waals surface area contributed by atoms with Gasteiger partial charge in [-0.15, -0.1) is 0 Å². The number of carboxylic acids is 2. The maximum absolute atomic E-state index is 9.83. The number of esters is 2. The monoisotopic (exact) mass is 297 g/mol. The van der Waals surface area contributed by atoms with E-state index in [4.69, 9.17) is 0 Å². The summed E-state index contributed by atoms with van der Waals surface area (Å²) >= 11 is 0. The van der Waals surface area contributed by atoms with Crippen molar-refractivity contribution >= 4 is 23.9 Å². The van der Waals surface area contributed by atoms with Gasteiger partial charge in [0, 0.05) is 13.8 Å². The van der Waals surface area contributed by atoms with Crippen LogP contribution in [0.25, 0.3) is 0 Å². The summed E-state index contributed by atoms with van der Waals surface area (Å²) in [6.45, 7) is 0.941. The Hall–Kier alpha value is -1.60. The van der Waals surface area contributed by atoms with Crippen LogP contribution in [0, 0.1) is 0 Å². The van der Waals surface area contributed by atoms with Crippen LogP contribution < -0.4 is 10.2 Å². The molecule has 0 N–H and O–H groups in total. The van der Waals surface area contributed by atoms with Crippen LogP contribution in [-0.4, -0.2) is 37.1 Å². The Morgan fingerprint density at radius 1 is 0.824 bits per heavy atom. The molecule has 0 rings (SSSR count). The van der Waals surface area contributed by atoms with Crippen molar-refractivity contribution in [2.45, 2.75) is 13.8 Å². The number of carbonyl (C=O) groups excluding carboxylic acids is 4. The maximum Gasteiger partial charge on any atom is 2.00 e. The van der Waals surface area contributed by atoms with E-state index in [-0.39, 0.29) is 17.1 Å². The minimum atomic E-state index is -1.39. The predicted molar refractivity (Wildman–Crippen MR) is 43.3 cm³/mol. The van der Waals surface area contributed by atoms with Gasteiger partial charge in [0.1, 0.15) is 13.2 Å². The fourth-order valence-corrected chi connectivity index (χ4v) is 0.321. The van der Waals surface area contributed by atoms with E-state index in [9.17, 15) is 29.4 Å². The summed E-state index contributed by atoms with van der Waals surface area (Å²) in [4.78, 5) is 38.7. The number of hydrogen-bond donors (Lipinski definition) is 0. The van der Waals surface area contributed by atoms with Gasteiger partial charge in [0.25, 0.3) is 0 Å². The molecule has 0 aliphatic carbocycles. The molecule has 8 nitrogen and oxygen atoms in total. The Morgan fingerprint density at radius 2 is 1.06 bits per heavy atom. The van der Waals surface area contributed by atoms with Gasteiger partial charge < -0.3 is 29.3 Å². The van der Waals surface area contributed by atoms with Crippen LogP contribution >= 0.6 is 0 Å². The Kier molecular flexibility index (Phi) is 15.2. The summed E-state index contributed by atoms with van der Waals surface area (Å²) in [5.41, 5.74) is 0. The van der Waals surface area contributed by atoms with Crippen molar-refractivity contribution in [1.29, 1.82) is 0 Å². The van der Waals surface area contributed by atoms with E-state index in [1.807, 2.05) is 0 Å². The number of carboxylic acid groups (broad SMARTS) is 2. The average Bonchev–Trinajstić information content (AvgIpc) is 2.12. The number of hydrogen-bond acceptors (Lipinski definition) is 8. The molecule has 0 bridgehead atoms. The maximum atomic E-state index is 9.83. The second kappa shape index (κ2) is 12.5. The summed E-state index contributed by atoms with van der Waals surface area (Å²) in [5.74, 6) is -4.01. The van der Waals surface area contributed by atoms with Crippen LogP contribution in [0.5, 0.6) is 0 Å². The Morgan fingerprint density at radius 3 is 1.12 bits per heavy atom. The van der Waals surface area contributed by atoms with E-state index in [0.717, 1.165) is 13.8 Å². The van der Waals surface area contributed by atoms with E-state index >= 15 is 0 Å². The van der Waals surface area contributed by atoms with E-state index < -0.39 is 37.1 Å². The molecule has 0 saturated carbocycles. The minimum absolute atomic E-state index is 0. The fourth-order valence-electron chi connectivity index (χ4n) is 0.321. The van der Waals surface area contributed by atoms with Gasteiger partial charge in [-0.1, -0.05) is 0 Å². The van der Waals surface area contributed by atoms with Crippen molar-refractivity contribution in [3.63, 3.8) is 0 Å². The predicted octanol–water partition coefficient (Wildman–Crippen LogP) is -3.40. The molecule has 0 unspecified atom stereocenters. The molecule has 0 aliphatic heterocycles. The third-order valence-electron chi connectivity index (χ3n) is 0.787. The molecule has 0 atom stereocenters. The van der Waals surface area contributed by atoms with Gasteiger partial charge in [-0.25, -0.2) is 0 Å². The molecular weight excluding hydrogens is 288 g/mol. The number of rotatable bonds is 4. The van der Waals surface area contributed by atoms with Gasteiger partial charge in [-0.3, -0.25) is 9.59 Å². The third-order valence-corrected chi connectivity index (χ3v) is 0.787. The quantitative estimate of drug-likeness (QED) is 0.387. The summed E-state index contributed by atoms with van der Waals surface area (Å²) in [7, 11) is 0. The molecule has 0 aromatic rings. The van der Waals surface area contributed by atoms with Gasteiger partial charge >= 0.3 is 29.0 Å². The largest absolute Gasteiger partial charge is 2.00 e. The van der Waals surface area contributed by atoms with Crippen LogP contribution in [0.1, 0.15) is 13.8 Å². The fraction of sp³-hybridized carbons (Fsp3) is 0.500. The Labute approximate surface area is 107 Å². The van der Waals surface area contributed by atoms with Crippen molar-refractivity contribution in [3.05, 3.63) is 0 Å². The molecule has 9 heteroatoms. The molecule has 0 heterocycles. The number of ether oxygens (including phenoxy) is 2. The van der Waals surface area contributed by atoms with Gasteiger partial charge in [0.15, 0.2) is 0 Å². The van der Waals surface area contributed by atoms with E-state index in [1.165, 1.54) is 0 Å². The first-order valence-corrected chi connectivity index (χ1v) is 3.92. The standard InChI is InChI=1S/2C4H6O4.Cu/c2*1-3(5)8-2-4(6)7;/h2*2H2,1H3,(H,6,7);/q;;+2/p-2. The van der Waals surface area contributed by atoms with Crippen molar-refractivity contribution in [2.75, 3.05) is 13.2 Å². The molecule has 0 saturated heterocycles. The first-order valence-electron chi connectivity index (χ1n) is 3.92. The summed E-state index contributed by atoms with van der Waals surface area (Å²) < 4.78 is 8.00. The molecule has 0 aliphatic rings. The van der Waals surface area contributed by atoms with Crippen LogP contribution in [0.3, 0.4) is 0 Å². The molecular formula is C8H10CuO8. The molecule has 101 valence electrons. The normalized spacial score (nSPS) is 7.65. The Bertz CT molecular complexity index is 219. The molecule has 0 amide bonds. The van der Waals surface area contributed by atoms with Crippen LogP contribution in [0.2, 0.25) is 0 Å². The van der Waals surface area contributed by atoms with Crippen molar-refractivity contribution in [2.24, 2.45) is 0 Å². The molecule has 17 heavy (non-hydrogen) atoms. The van der Waals surface area contributed by atoms with E-state index in [0.29, 0.717) is 0 Å². The second-order valence-electron chi connectivity index (χ2n) is 2.30. The van der Waals surface area contributed by atoms with Crippen LogP contribution in [0.4, 0.5) is 0 Å². The van der Waals surface area contributed by atoms with Crippen LogP contribution in [0.15, 0.2) is 0 Å². The smallest absolute Gasteiger partial charge is 0.546 e. The molecule has 0 aromatic heterocycles. The van der Waals surface area contributed by atoms with Crippen LogP contribution in [-0.2, 0) is 45.7 Å². The van der Waals surface area contributed by atoms with Crippen molar-refractivity contribution in [3.8, 4) is 0 Å². The van der Waals surface area contributed by atoms with Crippen molar-refractivity contribution < 1.29 is 55.9 Å². The zero-order valence-electron chi connectivity index (χ0n) is 8.98. The minimum Gasteiger partial charge on any atom is -0.546 e. The number of aliphatic carboxylic acids is 2. The molecule has 1 radical (unpaired) electrons. The van der Waals surface area contributed by atoms with E-state index in [2.05, 4.69) is 9.47 Å². The third kappa shape index (κ3) is 31.4. The molecule has 0 fully saturated rings. The first-order chi connectivity index (χ1) is 7.25. The topological polar surface area (TPSA) is 133 Å². The second-order valence-corrected chi connectivity index (χ2v) is 2.30. The van der Waals surface area contributed by atoms with Gasteiger partial charge in [-0.2, -0.15) is 0 Å².